The lowest BCUT2D eigenvalue weighted by molar-refractivity contribution is 0.0674. The van der Waals surface area contributed by atoms with Crippen molar-refractivity contribution in [3.8, 4) is 0 Å². The molecule has 2 aliphatic rings. The number of hydrogen-bond acceptors (Lipinski definition) is 6. The first kappa shape index (κ1) is 16.3. The molecule has 0 bridgehead atoms. The van der Waals surface area contributed by atoms with Crippen LogP contribution in [0.15, 0.2) is 23.0 Å². The van der Waals surface area contributed by atoms with E-state index < -0.39 is 0 Å². The van der Waals surface area contributed by atoms with E-state index in [4.69, 9.17) is 9.26 Å². The van der Waals surface area contributed by atoms with E-state index in [9.17, 15) is 4.79 Å². The highest BCUT2D eigenvalue weighted by molar-refractivity contribution is 5.92. The molecule has 4 rings (SSSR count). The van der Waals surface area contributed by atoms with Crippen molar-refractivity contribution in [2.75, 3.05) is 26.7 Å². The fraction of sp³-hybridized carbons (Fsp3) is 0.588. The van der Waals surface area contributed by atoms with Crippen molar-refractivity contribution in [2.45, 2.75) is 38.0 Å². The maximum Gasteiger partial charge on any atom is 0.276 e. The highest BCUT2D eigenvalue weighted by Gasteiger charge is 2.39. The molecule has 2 saturated heterocycles. The second-order valence-electron chi connectivity index (χ2n) is 6.70. The lowest BCUT2D eigenvalue weighted by Crippen LogP contribution is -2.32. The first-order valence-corrected chi connectivity index (χ1v) is 8.75. The molecule has 0 aromatic carbocycles. The van der Waals surface area contributed by atoms with Crippen LogP contribution in [0.1, 0.15) is 47.4 Å². The summed E-state index contributed by atoms with van der Waals surface area (Å²) in [7, 11) is 1.67. The van der Waals surface area contributed by atoms with E-state index in [1.165, 1.54) is 12.8 Å². The molecule has 1 amide bonds. The van der Waals surface area contributed by atoms with Crippen LogP contribution in [0, 0.1) is 0 Å². The predicted molar refractivity (Wildman–Crippen MR) is 88.8 cm³/mol. The number of nitrogens with zero attached hydrogens (tertiary/aromatic N) is 4. The molecule has 2 aliphatic heterocycles. The topological polar surface area (TPSA) is 87.5 Å². The molecule has 8 heteroatoms. The highest BCUT2D eigenvalue weighted by Crippen LogP contribution is 2.32. The fourth-order valence-electron chi connectivity index (χ4n) is 3.71. The summed E-state index contributed by atoms with van der Waals surface area (Å²) < 4.78 is 10.9. The molecule has 2 fully saturated rings. The average molecular weight is 345 g/mol. The highest BCUT2D eigenvalue weighted by atomic mass is 16.5. The SMILES string of the molecule is CO[C@@H]1CC(c2ncc[nH]2)N(C(=O)c2cc(CN3CCCC3)on2)C1. The van der Waals surface area contributed by atoms with Crippen molar-refractivity contribution in [1.29, 1.82) is 0 Å². The zero-order valence-electron chi connectivity index (χ0n) is 14.4. The van der Waals surface area contributed by atoms with Gasteiger partial charge in [0.25, 0.3) is 5.91 Å². The zero-order chi connectivity index (χ0) is 17.2. The molecule has 0 saturated carbocycles. The van der Waals surface area contributed by atoms with Gasteiger partial charge in [-0.05, 0) is 25.9 Å². The van der Waals surface area contributed by atoms with Crippen LogP contribution in [-0.4, -0.2) is 63.7 Å². The number of aromatic amines is 1. The molecule has 2 atom stereocenters. The van der Waals surface area contributed by atoms with E-state index >= 15 is 0 Å². The standard InChI is InChI=1S/C17H23N5O3/c1-24-12-9-15(16-18-4-5-19-16)22(11-12)17(23)14-8-13(25-20-14)10-21-6-2-3-7-21/h4-5,8,12,15H,2-3,6-7,9-11H2,1H3,(H,18,19)/t12-,15?/m1/s1. The quantitative estimate of drug-likeness (QED) is 0.885. The summed E-state index contributed by atoms with van der Waals surface area (Å²) in [5.41, 5.74) is 0.350. The van der Waals surface area contributed by atoms with Gasteiger partial charge in [-0.15, -0.1) is 0 Å². The number of carbonyl (C=O) groups excluding carboxylic acids is 1. The Hall–Kier alpha value is -2.19. The number of carbonyl (C=O) groups is 1. The first-order chi connectivity index (χ1) is 12.2. The first-order valence-electron chi connectivity index (χ1n) is 8.75. The van der Waals surface area contributed by atoms with E-state index in [1.54, 1.807) is 30.5 Å². The van der Waals surface area contributed by atoms with Gasteiger partial charge < -0.3 is 19.1 Å². The number of methoxy groups -OCH3 is 1. The van der Waals surface area contributed by atoms with Gasteiger partial charge in [0.05, 0.1) is 18.7 Å². The Balaban J connectivity index is 1.49. The smallest absolute Gasteiger partial charge is 0.276 e. The Bertz CT molecular complexity index is 708. The van der Waals surface area contributed by atoms with Crippen LogP contribution in [0.2, 0.25) is 0 Å². The van der Waals surface area contributed by atoms with Gasteiger partial charge >= 0.3 is 0 Å². The Morgan fingerprint density at radius 1 is 1.44 bits per heavy atom. The molecular weight excluding hydrogens is 322 g/mol. The van der Waals surface area contributed by atoms with Crippen molar-refractivity contribution in [2.24, 2.45) is 0 Å². The lowest BCUT2D eigenvalue weighted by atomic mass is 10.2. The van der Waals surface area contributed by atoms with Gasteiger partial charge in [-0.25, -0.2) is 4.98 Å². The monoisotopic (exact) mass is 345 g/mol. The molecule has 0 aliphatic carbocycles. The summed E-state index contributed by atoms with van der Waals surface area (Å²) in [6.45, 7) is 3.38. The number of likely N-dealkylation sites (tertiary alicyclic amines) is 2. The molecule has 25 heavy (non-hydrogen) atoms. The summed E-state index contributed by atoms with van der Waals surface area (Å²) in [6, 6.07) is 1.63. The van der Waals surface area contributed by atoms with Crippen molar-refractivity contribution >= 4 is 5.91 Å². The molecule has 134 valence electrons. The van der Waals surface area contributed by atoms with Gasteiger partial charge in [-0.1, -0.05) is 5.16 Å². The number of H-pyrrole nitrogens is 1. The minimum atomic E-state index is -0.141. The molecule has 2 aromatic rings. The third-order valence-electron chi connectivity index (χ3n) is 5.05. The van der Waals surface area contributed by atoms with Crippen LogP contribution in [0.4, 0.5) is 0 Å². The number of rotatable bonds is 5. The Kier molecular flexibility index (Phi) is 4.54. The third kappa shape index (κ3) is 3.32. The Morgan fingerprint density at radius 2 is 2.28 bits per heavy atom. The van der Waals surface area contributed by atoms with E-state index in [2.05, 4.69) is 20.0 Å². The van der Waals surface area contributed by atoms with Crippen LogP contribution >= 0.6 is 0 Å². The molecular formula is C17H23N5O3. The Labute approximate surface area is 146 Å². The van der Waals surface area contributed by atoms with Crippen LogP contribution in [-0.2, 0) is 11.3 Å². The minimum Gasteiger partial charge on any atom is -0.380 e. The van der Waals surface area contributed by atoms with Crippen molar-refractivity contribution in [1.82, 2.24) is 24.9 Å². The van der Waals surface area contributed by atoms with E-state index in [-0.39, 0.29) is 18.1 Å². The molecule has 0 spiro atoms. The maximum atomic E-state index is 13.0. The Morgan fingerprint density at radius 3 is 3.00 bits per heavy atom. The summed E-state index contributed by atoms with van der Waals surface area (Å²) in [5.74, 6) is 1.37. The number of hydrogen-bond donors (Lipinski definition) is 1. The van der Waals surface area contributed by atoms with Gasteiger partial charge in [0.2, 0.25) is 0 Å². The predicted octanol–water partition coefficient (Wildman–Crippen LogP) is 1.60. The lowest BCUT2D eigenvalue weighted by Gasteiger charge is -2.21. The number of amides is 1. The van der Waals surface area contributed by atoms with Gasteiger partial charge in [0, 0.05) is 38.5 Å². The van der Waals surface area contributed by atoms with Crippen LogP contribution in [0.5, 0.6) is 0 Å². The fourth-order valence-corrected chi connectivity index (χ4v) is 3.71. The van der Waals surface area contributed by atoms with Crippen LogP contribution in [0.3, 0.4) is 0 Å². The molecule has 2 aromatic heterocycles. The zero-order valence-corrected chi connectivity index (χ0v) is 14.4. The van der Waals surface area contributed by atoms with Crippen LogP contribution < -0.4 is 0 Å². The van der Waals surface area contributed by atoms with E-state index in [1.807, 2.05) is 0 Å². The normalized spacial score (nSPS) is 24.3. The number of nitrogens with one attached hydrogen (secondary N) is 1. The number of ether oxygens (including phenoxy) is 1. The third-order valence-corrected chi connectivity index (χ3v) is 5.05. The molecule has 0 radical (unpaired) electrons. The molecule has 8 nitrogen and oxygen atoms in total. The maximum absolute atomic E-state index is 13.0. The minimum absolute atomic E-state index is 0.00461. The molecule has 4 heterocycles. The summed E-state index contributed by atoms with van der Waals surface area (Å²) in [6.07, 6.45) is 6.61. The average Bonchev–Trinajstić information content (AvgIpc) is 3.39. The van der Waals surface area contributed by atoms with Gasteiger partial charge in [-0.3, -0.25) is 9.69 Å². The van der Waals surface area contributed by atoms with Crippen molar-refractivity contribution in [3.63, 3.8) is 0 Å². The summed E-state index contributed by atoms with van der Waals surface area (Å²) in [4.78, 5) is 24.5. The largest absolute Gasteiger partial charge is 0.380 e. The second kappa shape index (κ2) is 6.97. The summed E-state index contributed by atoms with van der Waals surface area (Å²) in [5, 5.41) is 4.01. The van der Waals surface area contributed by atoms with Gasteiger partial charge in [-0.2, -0.15) is 0 Å². The van der Waals surface area contributed by atoms with Crippen LogP contribution in [0.25, 0.3) is 0 Å². The van der Waals surface area contributed by atoms with E-state index in [0.717, 1.165) is 24.7 Å². The summed E-state index contributed by atoms with van der Waals surface area (Å²) >= 11 is 0. The van der Waals surface area contributed by atoms with Gasteiger partial charge in [0.1, 0.15) is 5.82 Å². The number of aromatic nitrogens is 3. The van der Waals surface area contributed by atoms with E-state index in [0.29, 0.717) is 25.2 Å². The van der Waals surface area contributed by atoms with Crippen molar-refractivity contribution < 1.29 is 14.1 Å². The second-order valence-corrected chi connectivity index (χ2v) is 6.70. The van der Waals surface area contributed by atoms with Gasteiger partial charge in [0.15, 0.2) is 11.5 Å². The molecule has 1 N–H and O–H groups in total. The molecule has 1 unspecified atom stereocenters. The number of imidazole rings is 1. The van der Waals surface area contributed by atoms with Crippen molar-refractivity contribution in [3.05, 3.63) is 35.7 Å².